The van der Waals surface area contributed by atoms with Gasteiger partial charge in [-0.15, -0.1) is 0 Å². The Labute approximate surface area is 234 Å². The summed E-state index contributed by atoms with van der Waals surface area (Å²) < 4.78 is 26.8. The molecular weight excluding hydrogens is 548 g/mol. The summed E-state index contributed by atoms with van der Waals surface area (Å²) in [5, 5.41) is 20.6. The Hall–Kier alpha value is -4.25. The minimum atomic E-state index is -2.02. The molecule has 4 rings (SSSR count). The lowest BCUT2D eigenvalue weighted by Crippen LogP contribution is -2.53. The van der Waals surface area contributed by atoms with E-state index >= 15 is 0 Å². The van der Waals surface area contributed by atoms with E-state index in [0.717, 1.165) is 0 Å². The van der Waals surface area contributed by atoms with Crippen molar-refractivity contribution in [3.63, 3.8) is 0 Å². The number of benzene rings is 2. The molecule has 2 aromatic carbocycles. The van der Waals surface area contributed by atoms with Crippen LogP contribution in [0.2, 0.25) is 5.02 Å². The Balaban J connectivity index is 1.87. The van der Waals surface area contributed by atoms with Gasteiger partial charge in [-0.2, -0.15) is 0 Å². The van der Waals surface area contributed by atoms with Crippen molar-refractivity contribution in [1.29, 1.82) is 0 Å². The normalized spacial score (nSPS) is 20.6. The molecule has 11 nitrogen and oxygen atoms in total. The van der Waals surface area contributed by atoms with Crippen LogP contribution in [0, 0.1) is 5.92 Å². The molecule has 0 amide bonds. The Morgan fingerprint density at radius 3 is 2.35 bits per heavy atom. The summed E-state index contributed by atoms with van der Waals surface area (Å²) in [5.74, 6) is -5.01. The van der Waals surface area contributed by atoms with Crippen molar-refractivity contribution in [2.24, 2.45) is 5.92 Å². The molecule has 1 aliphatic heterocycles. The molecule has 12 heteroatoms. The number of fused-ring (bicyclic) bond motifs is 1. The van der Waals surface area contributed by atoms with Gasteiger partial charge in [-0.05, 0) is 17.7 Å². The second-order valence-corrected chi connectivity index (χ2v) is 9.72. The highest BCUT2D eigenvalue weighted by molar-refractivity contribution is 6.35. The zero-order valence-corrected chi connectivity index (χ0v) is 22.9. The molecule has 40 heavy (non-hydrogen) atoms. The first-order valence-electron chi connectivity index (χ1n) is 12.2. The molecule has 1 aliphatic carbocycles. The van der Waals surface area contributed by atoms with E-state index in [2.05, 4.69) is 0 Å². The molecule has 2 aliphatic rings. The van der Waals surface area contributed by atoms with Crippen molar-refractivity contribution in [3.8, 4) is 23.0 Å². The summed E-state index contributed by atoms with van der Waals surface area (Å²) in [5.41, 5.74) is -1.81. The number of halogens is 1. The summed E-state index contributed by atoms with van der Waals surface area (Å²) in [6.07, 6.45) is -0.534. The van der Waals surface area contributed by atoms with E-state index in [1.165, 1.54) is 51.7 Å². The molecule has 212 valence electrons. The average molecular weight is 575 g/mol. The zero-order valence-electron chi connectivity index (χ0n) is 22.1. The third-order valence-corrected chi connectivity index (χ3v) is 7.46. The standard InChI is InChI=1S/C28H27ClO11/c1-13-9-17(30)22(16(10-21(33)38-4)14-5-7-15(8-6-14)39-12-20(31)32)26(34)28(13)27(35)23-18(36-2)11-19(37-3)24(29)25(23)40-28/h5-8,11,13,16,34H,9-10,12H2,1-4H3,(H,31,32)/t13-,16-,28+/m1/s1. The van der Waals surface area contributed by atoms with E-state index < -0.39 is 53.3 Å². The van der Waals surface area contributed by atoms with Crippen molar-refractivity contribution in [2.75, 3.05) is 27.9 Å². The molecule has 0 bridgehead atoms. The molecule has 0 saturated carbocycles. The molecule has 0 fully saturated rings. The number of Topliss-reactive ketones (excluding diaryl/α,β-unsaturated/α-hetero) is 2. The summed E-state index contributed by atoms with van der Waals surface area (Å²) in [6.45, 7) is 1.03. The van der Waals surface area contributed by atoms with Crippen LogP contribution < -0.4 is 18.9 Å². The van der Waals surface area contributed by atoms with Crippen molar-refractivity contribution in [3.05, 3.63) is 57.8 Å². The topological polar surface area (TPSA) is 155 Å². The number of carbonyl (C=O) groups is 4. The molecule has 0 unspecified atom stereocenters. The van der Waals surface area contributed by atoms with Crippen LogP contribution in [0.4, 0.5) is 0 Å². The van der Waals surface area contributed by atoms with E-state index in [0.29, 0.717) is 5.56 Å². The van der Waals surface area contributed by atoms with Crippen LogP contribution in [-0.4, -0.2) is 67.3 Å². The molecule has 2 aromatic rings. The van der Waals surface area contributed by atoms with Gasteiger partial charge in [-0.1, -0.05) is 30.7 Å². The summed E-state index contributed by atoms with van der Waals surface area (Å²) in [6, 6.07) is 7.42. The minimum Gasteiger partial charge on any atom is -0.507 e. The lowest BCUT2D eigenvalue weighted by atomic mass is 9.69. The Bertz CT molecular complexity index is 1410. The number of aliphatic hydroxyl groups is 1. The third-order valence-electron chi connectivity index (χ3n) is 7.10. The summed E-state index contributed by atoms with van der Waals surface area (Å²) in [7, 11) is 3.92. The van der Waals surface area contributed by atoms with Gasteiger partial charge in [-0.25, -0.2) is 4.79 Å². The molecule has 0 saturated heterocycles. The minimum absolute atomic E-state index is 0.00923. The van der Waals surface area contributed by atoms with E-state index in [4.69, 9.17) is 40.4 Å². The number of ether oxygens (including phenoxy) is 5. The van der Waals surface area contributed by atoms with Gasteiger partial charge in [0, 0.05) is 29.9 Å². The van der Waals surface area contributed by atoms with Crippen molar-refractivity contribution < 1.29 is 53.1 Å². The van der Waals surface area contributed by atoms with Gasteiger partial charge in [-0.3, -0.25) is 14.4 Å². The van der Waals surface area contributed by atoms with E-state index in [-0.39, 0.29) is 52.0 Å². The van der Waals surface area contributed by atoms with Gasteiger partial charge in [0.05, 0.1) is 27.8 Å². The third kappa shape index (κ3) is 4.70. The van der Waals surface area contributed by atoms with Gasteiger partial charge in [0.2, 0.25) is 11.4 Å². The van der Waals surface area contributed by atoms with Gasteiger partial charge >= 0.3 is 11.9 Å². The summed E-state index contributed by atoms with van der Waals surface area (Å²) >= 11 is 6.49. The Kier molecular flexibility index (Phi) is 7.97. The fourth-order valence-electron chi connectivity index (χ4n) is 5.12. The van der Waals surface area contributed by atoms with Gasteiger partial charge in [0.1, 0.15) is 27.8 Å². The van der Waals surface area contributed by atoms with Crippen molar-refractivity contribution >= 4 is 35.1 Å². The average Bonchev–Trinajstić information content (AvgIpc) is 3.25. The quantitative estimate of drug-likeness (QED) is 0.419. The number of ketones is 2. The molecule has 3 atom stereocenters. The van der Waals surface area contributed by atoms with Gasteiger partial charge in [0.25, 0.3) is 0 Å². The fourth-order valence-corrected chi connectivity index (χ4v) is 5.38. The maximum Gasteiger partial charge on any atom is 0.341 e. The number of esters is 1. The van der Waals surface area contributed by atoms with Crippen molar-refractivity contribution in [1.82, 2.24) is 0 Å². The van der Waals surface area contributed by atoms with Crippen LogP contribution in [0.5, 0.6) is 23.0 Å². The van der Waals surface area contributed by atoms with Gasteiger partial charge < -0.3 is 33.9 Å². The fraction of sp³-hybridized carbons (Fsp3) is 0.357. The molecule has 2 N–H and O–H groups in total. The molecule has 1 spiro atoms. The largest absolute Gasteiger partial charge is 0.507 e. The predicted octanol–water partition coefficient (Wildman–Crippen LogP) is 3.90. The first-order chi connectivity index (χ1) is 19.0. The van der Waals surface area contributed by atoms with Crippen molar-refractivity contribution in [2.45, 2.75) is 31.3 Å². The maximum absolute atomic E-state index is 14.0. The molecule has 1 heterocycles. The second-order valence-electron chi connectivity index (χ2n) is 9.34. The van der Waals surface area contributed by atoms with Crippen LogP contribution >= 0.6 is 11.6 Å². The van der Waals surface area contributed by atoms with E-state index in [9.17, 15) is 24.3 Å². The van der Waals surface area contributed by atoms with Crippen LogP contribution in [0.1, 0.15) is 41.6 Å². The zero-order chi connectivity index (χ0) is 29.4. The van der Waals surface area contributed by atoms with Crippen LogP contribution in [0.25, 0.3) is 0 Å². The first kappa shape index (κ1) is 28.8. The number of allylic oxidation sites excluding steroid dienone is 1. The number of aliphatic hydroxyl groups excluding tert-OH is 1. The number of methoxy groups -OCH3 is 3. The predicted molar refractivity (Wildman–Crippen MR) is 140 cm³/mol. The monoisotopic (exact) mass is 574 g/mol. The molecular formula is C28H27ClO11. The molecule has 0 aromatic heterocycles. The highest BCUT2D eigenvalue weighted by Crippen LogP contribution is 2.55. The van der Waals surface area contributed by atoms with E-state index in [1.54, 1.807) is 6.92 Å². The number of hydrogen-bond acceptors (Lipinski definition) is 10. The van der Waals surface area contributed by atoms with Gasteiger partial charge in [0.15, 0.2) is 23.9 Å². The maximum atomic E-state index is 14.0. The smallest absolute Gasteiger partial charge is 0.341 e. The number of hydrogen-bond donors (Lipinski definition) is 2. The number of aliphatic carboxylic acids is 1. The second kappa shape index (κ2) is 11.1. The number of carboxylic acids is 1. The lowest BCUT2D eigenvalue weighted by molar-refractivity contribution is -0.141. The van der Waals surface area contributed by atoms with Crippen LogP contribution in [-0.2, 0) is 19.1 Å². The number of carbonyl (C=O) groups excluding carboxylic acids is 3. The highest BCUT2D eigenvalue weighted by atomic mass is 35.5. The first-order valence-corrected chi connectivity index (χ1v) is 12.5. The molecule has 0 radical (unpaired) electrons. The van der Waals surface area contributed by atoms with Crippen LogP contribution in [0.15, 0.2) is 41.7 Å². The SMILES string of the molecule is COC(=O)C[C@@H](C1=C(O)[C@@]2(Oc3c(Cl)c(OC)cc(OC)c3C2=O)[C@H](C)CC1=O)c1ccc(OCC(=O)O)cc1. The summed E-state index contributed by atoms with van der Waals surface area (Å²) in [4.78, 5) is 50.7. The Morgan fingerprint density at radius 2 is 1.77 bits per heavy atom. The number of carboxylic acid groups (broad SMARTS) is 1. The Morgan fingerprint density at radius 1 is 1.12 bits per heavy atom. The highest BCUT2D eigenvalue weighted by Gasteiger charge is 2.61. The number of rotatable bonds is 9. The lowest BCUT2D eigenvalue weighted by Gasteiger charge is -2.38. The van der Waals surface area contributed by atoms with Crippen LogP contribution in [0.3, 0.4) is 0 Å². The van der Waals surface area contributed by atoms with E-state index in [1.807, 2.05) is 0 Å².